The normalized spacial score (nSPS) is 10.2. The highest BCUT2D eigenvalue weighted by Crippen LogP contribution is 2.07. The van der Waals surface area contributed by atoms with Crippen LogP contribution in [0, 0.1) is 0 Å². The molecule has 5 heteroatoms. The topological polar surface area (TPSA) is 63.8 Å². The van der Waals surface area contributed by atoms with Crippen LogP contribution in [-0.4, -0.2) is 22.4 Å². The number of nitrogens with two attached hydrogens (primary N) is 1. The molecule has 0 bridgehead atoms. The Morgan fingerprint density at radius 1 is 1.31 bits per heavy atom. The molecular formula is C8H16N4S. The van der Waals surface area contributed by atoms with Crippen LogP contribution >= 0.6 is 11.5 Å². The van der Waals surface area contributed by atoms with E-state index < -0.39 is 0 Å². The first-order valence-corrected chi connectivity index (χ1v) is 5.41. The zero-order valence-electron chi connectivity index (χ0n) is 7.70. The molecule has 0 aliphatic heterocycles. The van der Waals surface area contributed by atoms with Crippen LogP contribution in [0.1, 0.15) is 25.7 Å². The summed E-state index contributed by atoms with van der Waals surface area (Å²) in [5, 5.41) is 4.13. The van der Waals surface area contributed by atoms with Crippen LogP contribution in [0.5, 0.6) is 0 Å². The van der Waals surface area contributed by atoms with Gasteiger partial charge in [-0.3, -0.25) is 0 Å². The van der Waals surface area contributed by atoms with Crippen molar-refractivity contribution in [2.45, 2.75) is 25.7 Å². The van der Waals surface area contributed by atoms with Gasteiger partial charge in [0.05, 0.1) is 0 Å². The maximum Gasteiger partial charge on any atom is 0.202 e. The van der Waals surface area contributed by atoms with E-state index in [1.165, 1.54) is 30.8 Å². The minimum Gasteiger partial charge on any atom is -0.360 e. The van der Waals surface area contributed by atoms with E-state index in [0.29, 0.717) is 0 Å². The second-order valence-electron chi connectivity index (χ2n) is 2.88. The average molecular weight is 200 g/mol. The van der Waals surface area contributed by atoms with Gasteiger partial charge in [-0.25, -0.2) is 4.98 Å². The molecule has 0 saturated heterocycles. The summed E-state index contributed by atoms with van der Waals surface area (Å²) in [6.07, 6.45) is 6.36. The van der Waals surface area contributed by atoms with Crippen molar-refractivity contribution in [2.24, 2.45) is 5.73 Å². The summed E-state index contributed by atoms with van der Waals surface area (Å²) >= 11 is 1.40. The smallest absolute Gasteiger partial charge is 0.202 e. The molecule has 0 unspecified atom stereocenters. The second kappa shape index (κ2) is 6.80. The van der Waals surface area contributed by atoms with E-state index in [1.807, 2.05) is 0 Å². The van der Waals surface area contributed by atoms with Crippen molar-refractivity contribution in [1.82, 2.24) is 9.36 Å². The molecule has 0 fully saturated rings. The lowest BCUT2D eigenvalue weighted by molar-refractivity contribution is 0.661. The molecule has 0 spiro atoms. The van der Waals surface area contributed by atoms with Gasteiger partial charge in [0.25, 0.3) is 0 Å². The molecule has 0 aromatic carbocycles. The minimum atomic E-state index is 0.809. The van der Waals surface area contributed by atoms with Gasteiger partial charge in [-0.15, -0.1) is 0 Å². The van der Waals surface area contributed by atoms with Crippen molar-refractivity contribution in [3.8, 4) is 0 Å². The molecule has 0 aliphatic rings. The van der Waals surface area contributed by atoms with Crippen molar-refractivity contribution < 1.29 is 0 Å². The van der Waals surface area contributed by atoms with Crippen LogP contribution < -0.4 is 11.1 Å². The van der Waals surface area contributed by atoms with Gasteiger partial charge in [0.15, 0.2) is 0 Å². The fraction of sp³-hybridized carbons (Fsp3) is 0.750. The maximum absolute atomic E-state index is 5.39. The number of rotatable bonds is 7. The van der Waals surface area contributed by atoms with Crippen LogP contribution in [0.25, 0.3) is 0 Å². The summed E-state index contributed by atoms with van der Waals surface area (Å²) in [5.74, 6) is 0. The van der Waals surface area contributed by atoms with Gasteiger partial charge in [0, 0.05) is 18.1 Å². The second-order valence-corrected chi connectivity index (χ2v) is 3.66. The highest BCUT2D eigenvalue weighted by Gasteiger charge is 1.93. The van der Waals surface area contributed by atoms with Gasteiger partial charge in [0.2, 0.25) is 5.13 Å². The molecule has 13 heavy (non-hydrogen) atoms. The maximum atomic E-state index is 5.39. The number of unbranched alkanes of at least 4 members (excludes halogenated alkanes) is 3. The van der Waals surface area contributed by atoms with Gasteiger partial charge in [-0.05, 0) is 19.4 Å². The lowest BCUT2D eigenvalue weighted by atomic mass is 10.2. The minimum absolute atomic E-state index is 0.809. The Labute approximate surface area is 82.7 Å². The van der Waals surface area contributed by atoms with Crippen molar-refractivity contribution in [3.63, 3.8) is 0 Å². The first-order chi connectivity index (χ1) is 6.43. The molecule has 1 aromatic rings. The van der Waals surface area contributed by atoms with Crippen LogP contribution in [0.2, 0.25) is 0 Å². The standard InChI is InChI=1S/C8H16N4S/c9-5-3-1-2-4-6-10-8-11-7-12-13-8/h7H,1-6,9H2,(H,10,11,12). The lowest BCUT2D eigenvalue weighted by Gasteiger charge is -2.00. The summed E-state index contributed by atoms with van der Waals surface area (Å²) in [5.41, 5.74) is 5.39. The SMILES string of the molecule is NCCCCCCNc1ncns1. The monoisotopic (exact) mass is 200 g/mol. The van der Waals surface area contributed by atoms with Crippen LogP contribution in [0.3, 0.4) is 0 Å². The summed E-state index contributed by atoms with van der Waals surface area (Å²) in [6, 6.07) is 0. The molecule has 1 rings (SSSR count). The molecule has 0 amide bonds. The summed E-state index contributed by atoms with van der Waals surface area (Å²) in [6.45, 7) is 1.80. The van der Waals surface area contributed by atoms with E-state index in [1.54, 1.807) is 6.33 Å². The van der Waals surface area contributed by atoms with E-state index in [9.17, 15) is 0 Å². The number of hydrogen-bond acceptors (Lipinski definition) is 5. The van der Waals surface area contributed by atoms with Crippen molar-refractivity contribution in [1.29, 1.82) is 0 Å². The number of aromatic nitrogens is 2. The Balaban J connectivity index is 1.90. The molecule has 0 radical (unpaired) electrons. The van der Waals surface area contributed by atoms with Crippen LogP contribution in [0.15, 0.2) is 6.33 Å². The highest BCUT2D eigenvalue weighted by atomic mass is 32.1. The predicted molar refractivity (Wildman–Crippen MR) is 55.9 cm³/mol. The molecule has 1 aromatic heterocycles. The fourth-order valence-electron chi connectivity index (χ4n) is 1.07. The van der Waals surface area contributed by atoms with Crippen molar-refractivity contribution in [3.05, 3.63) is 6.33 Å². The number of hydrogen-bond donors (Lipinski definition) is 2. The van der Waals surface area contributed by atoms with Gasteiger partial charge in [-0.2, -0.15) is 4.37 Å². The first kappa shape index (κ1) is 10.4. The summed E-state index contributed by atoms with van der Waals surface area (Å²) < 4.78 is 3.90. The zero-order valence-corrected chi connectivity index (χ0v) is 8.52. The molecule has 74 valence electrons. The Kier molecular flexibility index (Phi) is 5.44. The van der Waals surface area contributed by atoms with Crippen LogP contribution in [0.4, 0.5) is 5.13 Å². The molecule has 0 aliphatic carbocycles. The Bertz CT molecular complexity index is 200. The van der Waals surface area contributed by atoms with Crippen molar-refractivity contribution >= 4 is 16.7 Å². The van der Waals surface area contributed by atoms with Gasteiger partial charge < -0.3 is 11.1 Å². The molecular weight excluding hydrogens is 184 g/mol. The third-order valence-electron chi connectivity index (χ3n) is 1.77. The van der Waals surface area contributed by atoms with E-state index in [0.717, 1.165) is 24.6 Å². The molecule has 0 atom stereocenters. The quantitative estimate of drug-likeness (QED) is 0.654. The predicted octanol–water partition coefficient (Wildman–Crippen LogP) is 1.47. The average Bonchev–Trinajstić information content (AvgIpc) is 2.63. The number of nitrogens with one attached hydrogen (secondary N) is 1. The zero-order chi connectivity index (χ0) is 9.36. The number of anilines is 1. The van der Waals surface area contributed by atoms with E-state index in [2.05, 4.69) is 14.7 Å². The third-order valence-corrected chi connectivity index (χ3v) is 2.39. The first-order valence-electron chi connectivity index (χ1n) is 4.64. The Morgan fingerprint density at radius 3 is 2.85 bits per heavy atom. The largest absolute Gasteiger partial charge is 0.360 e. The van der Waals surface area contributed by atoms with Gasteiger partial charge in [-0.1, -0.05) is 12.8 Å². The Hall–Kier alpha value is -0.680. The van der Waals surface area contributed by atoms with E-state index in [-0.39, 0.29) is 0 Å². The van der Waals surface area contributed by atoms with Gasteiger partial charge >= 0.3 is 0 Å². The lowest BCUT2D eigenvalue weighted by Crippen LogP contribution is -2.02. The molecule has 0 saturated carbocycles. The summed E-state index contributed by atoms with van der Waals surface area (Å²) in [7, 11) is 0. The highest BCUT2D eigenvalue weighted by molar-refractivity contribution is 7.09. The van der Waals surface area contributed by atoms with Crippen LogP contribution in [-0.2, 0) is 0 Å². The van der Waals surface area contributed by atoms with Gasteiger partial charge in [0.1, 0.15) is 6.33 Å². The third kappa shape index (κ3) is 4.80. The molecule has 1 heterocycles. The number of nitrogens with zero attached hydrogens (tertiary/aromatic N) is 2. The fourth-order valence-corrected chi connectivity index (χ4v) is 1.52. The Morgan fingerprint density at radius 2 is 2.15 bits per heavy atom. The molecule has 3 N–H and O–H groups in total. The van der Waals surface area contributed by atoms with E-state index in [4.69, 9.17) is 5.73 Å². The summed E-state index contributed by atoms with van der Waals surface area (Å²) in [4.78, 5) is 4.03. The van der Waals surface area contributed by atoms with Crippen molar-refractivity contribution in [2.75, 3.05) is 18.4 Å². The molecule has 4 nitrogen and oxygen atoms in total. The van der Waals surface area contributed by atoms with E-state index >= 15 is 0 Å².